The average molecular weight is 364 g/mol. The van der Waals surface area contributed by atoms with Crippen LogP contribution in [0.15, 0.2) is 72.8 Å². The average Bonchev–Trinajstić information content (AvgIpc) is 2.68. The Morgan fingerprint density at radius 2 is 1.81 bits per heavy atom. The third-order valence-corrected chi connectivity index (χ3v) is 3.77. The minimum Gasteiger partial charge on any atom is -0.507 e. The van der Waals surface area contributed by atoms with E-state index in [-0.39, 0.29) is 23.6 Å². The number of hydrogen-bond donors (Lipinski definition) is 2. The summed E-state index contributed by atoms with van der Waals surface area (Å²) in [5, 5.41) is 23.5. The van der Waals surface area contributed by atoms with E-state index in [2.05, 4.69) is 5.32 Å². The minimum absolute atomic E-state index is 0.0234. The fourth-order valence-corrected chi connectivity index (χ4v) is 2.43. The van der Waals surface area contributed by atoms with E-state index in [0.717, 1.165) is 0 Å². The number of non-ortho nitro benzene ring substituents is 1. The largest absolute Gasteiger partial charge is 0.507 e. The maximum Gasteiger partial charge on any atom is 0.269 e. The summed E-state index contributed by atoms with van der Waals surface area (Å²) in [4.78, 5) is 22.7. The predicted octanol–water partition coefficient (Wildman–Crippen LogP) is 4.13. The predicted molar refractivity (Wildman–Crippen MR) is 99.9 cm³/mol. The van der Waals surface area contributed by atoms with E-state index in [0.29, 0.717) is 17.0 Å². The highest BCUT2D eigenvalue weighted by Crippen LogP contribution is 2.25. The van der Waals surface area contributed by atoms with Gasteiger partial charge < -0.3 is 15.2 Å². The van der Waals surface area contributed by atoms with Gasteiger partial charge in [0.15, 0.2) is 0 Å². The van der Waals surface area contributed by atoms with Crippen molar-refractivity contribution in [1.29, 1.82) is 0 Å². The second kappa shape index (κ2) is 8.01. The van der Waals surface area contributed by atoms with Crippen molar-refractivity contribution < 1.29 is 19.6 Å². The van der Waals surface area contributed by atoms with Crippen LogP contribution in [0.5, 0.6) is 11.5 Å². The smallest absolute Gasteiger partial charge is 0.269 e. The molecule has 136 valence electrons. The van der Waals surface area contributed by atoms with Gasteiger partial charge in [0, 0.05) is 17.8 Å². The molecule has 0 spiro atoms. The van der Waals surface area contributed by atoms with Gasteiger partial charge in [0.1, 0.15) is 18.1 Å². The van der Waals surface area contributed by atoms with Crippen LogP contribution in [0.25, 0.3) is 0 Å². The number of nitrogens with zero attached hydrogens (tertiary/aromatic N) is 1. The third-order valence-electron chi connectivity index (χ3n) is 3.77. The number of phenols is 1. The number of nitrogens with one attached hydrogen (secondary N) is 1. The van der Waals surface area contributed by atoms with Crippen molar-refractivity contribution >= 4 is 17.3 Å². The quantitative estimate of drug-likeness (QED) is 0.506. The minimum atomic E-state index is -0.476. The summed E-state index contributed by atoms with van der Waals surface area (Å²) >= 11 is 0. The molecule has 0 aliphatic rings. The zero-order chi connectivity index (χ0) is 19.2. The van der Waals surface area contributed by atoms with Crippen LogP contribution >= 0.6 is 0 Å². The molecule has 0 radical (unpaired) electrons. The number of hydrogen-bond acceptors (Lipinski definition) is 5. The molecule has 0 fully saturated rings. The van der Waals surface area contributed by atoms with Crippen LogP contribution in [-0.2, 0) is 6.61 Å². The molecule has 2 N–H and O–H groups in total. The highest BCUT2D eigenvalue weighted by Gasteiger charge is 2.13. The van der Waals surface area contributed by atoms with Crippen molar-refractivity contribution in [1.82, 2.24) is 0 Å². The van der Waals surface area contributed by atoms with Crippen molar-refractivity contribution in [3.63, 3.8) is 0 Å². The molecule has 0 aromatic heterocycles. The number of carbonyl (C=O) groups excluding carboxylic acids is 1. The molecule has 0 atom stereocenters. The van der Waals surface area contributed by atoms with Gasteiger partial charge in [-0.2, -0.15) is 0 Å². The lowest BCUT2D eigenvalue weighted by Gasteiger charge is -2.10. The number of phenolic OH excluding ortho intramolecular Hbond substituents is 1. The van der Waals surface area contributed by atoms with Crippen molar-refractivity contribution in [2.45, 2.75) is 6.61 Å². The molecule has 0 heterocycles. The maximum atomic E-state index is 12.4. The van der Waals surface area contributed by atoms with E-state index in [1.54, 1.807) is 36.4 Å². The first kappa shape index (κ1) is 17.9. The molecule has 0 bridgehead atoms. The number of nitro groups is 1. The molecular formula is C20H16N2O5. The summed E-state index contributed by atoms with van der Waals surface area (Å²) < 4.78 is 5.61. The van der Waals surface area contributed by atoms with Gasteiger partial charge in [0.05, 0.1) is 10.5 Å². The van der Waals surface area contributed by atoms with E-state index in [1.807, 2.05) is 6.07 Å². The number of amides is 1. The van der Waals surface area contributed by atoms with Crippen LogP contribution in [0.3, 0.4) is 0 Å². The molecule has 0 saturated carbocycles. The topological polar surface area (TPSA) is 102 Å². The Kier molecular flexibility index (Phi) is 5.32. The van der Waals surface area contributed by atoms with Crippen LogP contribution in [0.4, 0.5) is 11.4 Å². The summed E-state index contributed by atoms with van der Waals surface area (Å²) in [5.41, 5.74) is 1.26. The molecule has 0 aliphatic heterocycles. The van der Waals surface area contributed by atoms with Gasteiger partial charge >= 0.3 is 0 Å². The van der Waals surface area contributed by atoms with Gasteiger partial charge in [-0.3, -0.25) is 14.9 Å². The molecule has 1 amide bonds. The van der Waals surface area contributed by atoms with Gasteiger partial charge in [-0.25, -0.2) is 0 Å². The highest BCUT2D eigenvalue weighted by molar-refractivity contribution is 6.06. The summed E-state index contributed by atoms with van der Waals surface area (Å²) in [5.74, 6) is -0.289. The third kappa shape index (κ3) is 4.60. The summed E-state index contributed by atoms with van der Waals surface area (Å²) in [6, 6.07) is 19.3. The van der Waals surface area contributed by atoms with Gasteiger partial charge in [-0.05, 0) is 35.9 Å². The molecule has 0 aliphatic carbocycles. The van der Waals surface area contributed by atoms with Crippen LogP contribution in [0.2, 0.25) is 0 Å². The first-order valence-corrected chi connectivity index (χ1v) is 8.08. The Labute approximate surface area is 155 Å². The molecule has 7 heteroatoms. The maximum absolute atomic E-state index is 12.4. The molecule has 3 aromatic rings. The van der Waals surface area contributed by atoms with Crippen molar-refractivity contribution in [3.05, 3.63) is 94.0 Å². The lowest BCUT2D eigenvalue weighted by Crippen LogP contribution is -2.12. The van der Waals surface area contributed by atoms with E-state index in [4.69, 9.17) is 4.74 Å². The summed E-state index contributed by atoms with van der Waals surface area (Å²) in [6.07, 6.45) is 0. The van der Waals surface area contributed by atoms with E-state index >= 15 is 0 Å². The van der Waals surface area contributed by atoms with Gasteiger partial charge in [-0.1, -0.05) is 30.3 Å². The Morgan fingerprint density at radius 1 is 1.04 bits per heavy atom. The molecule has 0 saturated heterocycles. The van der Waals surface area contributed by atoms with E-state index in [1.165, 1.54) is 30.3 Å². The SMILES string of the molecule is O=C(Nc1ccccc1)c1cc(OCc2cccc([N+](=O)[O-])c2)ccc1O. The summed E-state index contributed by atoms with van der Waals surface area (Å²) in [7, 11) is 0. The number of anilines is 1. The second-order valence-corrected chi connectivity index (χ2v) is 5.71. The van der Waals surface area contributed by atoms with Crippen molar-refractivity contribution in [2.75, 3.05) is 5.32 Å². The van der Waals surface area contributed by atoms with Gasteiger partial charge in [0.25, 0.3) is 11.6 Å². The number of carbonyl (C=O) groups is 1. The number of aromatic hydroxyl groups is 1. The molecular weight excluding hydrogens is 348 g/mol. The zero-order valence-corrected chi connectivity index (χ0v) is 14.2. The number of ether oxygens (including phenoxy) is 1. The lowest BCUT2D eigenvalue weighted by molar-refractivity contribution is -0.384. The van der Waals surface area contributed by atoms with Crippen LogP contribution in [0.1, 0.15) is 15.9 Å². The second-order valence-electron chi connectivity index (χ2n) is 5.71. The standard InChI is InChI=1S/C20H16N2O5/c23-19-10-9-17(27-13-14-5-4-8-16(11-14)22(25)26)12-18(19)20(24)21-15-6-2-1-3-7-15/h1-12,23H,13H2,(H,21,24). The number of benzene rings is 3. The van der Waals surface area contributed by atoms with E-state index in [9.17, 15) is 20.0 Å². The number of nitro benzene ring substituents is 1. The lowest BCUT2D eigenvalue weighted by atomic mass is 10.1. The highest BCUT2D eigenvalue weighted by atomic mass is 16.6. The van der Waals surface area contributed by atoms with Crippen LogP contribution in [0, 0.1) is 10.1 Å². The Bertz CT molecular complexity index is 973. The van der Waals surface area contributed by atoms with Crippen LogP contribution < -0.4 is 10.1 Å². The first-order valence-electron chi connectivity index (χ1n) is 8.08. The number of para-hydroxylation sites is 1. The van der Waals surface area contributed by atoms with Crippen molar-refractivity contribution in [3.8, 4) is 11.5 Å². The van der Waals surface area contributed by atoms with Gasteiger partial charge in [-0.15, -0.1) is 0 Å². The zero-order valence-electron chi connectivity index (χ0n) is 14.2. The number of rotatable bonds is 6. The Balaban J connectivity index is 1.72. The molecule has 3 aromatic carbocycles. The van der Waals surface area contributed by atoms with Gasteiger partial charge in [0.2, 0.25) is 0 Å². The van der Waals surface area contributed by atoms with Crippen molar-refractivity contribution in [2.24, 2.45) is 0 Å². The van der Waals surface area contributed by atoms with E-state index < -0.39 is 10.8 Å². The fraction of sp³-hybridized carbons (Fsp3) is 0.0500. The monoisotopic (exact) mass is 364 g/mol. The molecule has 0 unspecified atom stereocenters. The van der Waals surface area contributed by atoms with Crippen LogP contribution in [-0.4, -0.2) is 15.9 Å². The summed E-state index contributed by atoms with van der Waals surface area (Å²) in [6.45, 7) is 0.0895. The Morgan fingerprint density at radius 3 is 2.56 bits per heavy atom. The fourth-order valence-electron chi connectivity index (χ4n) is 2.43. The Hall–Kier alpha value is -3.87. The first-order chi connectivity index (χ1) is 13.0. The molecule has 3 rings (SSSR count). The molecule has 27 heavy (non-hydrogen) atoms. The normalized spacial score (nSPS) is 10.2. The molecule has 7 nitrogen and oxygen atoms in total.